The van der Waals surface area contributed by atoms with Gasteiger partial charge in [-0.15, -0.1) is 0 Å². The highest BCUT2D eigenvalue weighted by Gasteiger charge is 2.43. The molecule has 1 heterocycles. The Morgan fingerprint density at radius 3 is 1.88 bits per heavy atom. The molecule has 0 saturated carbocycles. The predicted octanol–water partition coefficient (Wildman–Crippen LogP) is 2.53. The van der Waals surface area contributed by atoms with Gasteiger partial charge in [-0.25, -0.2) is 21.2 Å². The molecule has 0 bridgehead atoms. The first kappa shape index (κ1) is 24.0. The highest BCUT2D eigenvalue weighted by molar-refractivity contribution is 7.89. The molecule has 1 aliphatic rings. The average molecular weight is 504 g/mol. The second-order valence-corrected chi connectivity index (χ2v) is 11.4. The molecule has 1 fully saturated rings. The molecule has 1 saturated heterocycles. The molecule has 0 aromatic heterocycles. The molecule has 178 valence electrons. The summed E-state index contributed by atoms with van der Waals surface area (Å²) in [5.74, 6) is -1.53. The number of hydrogen-bond donors (Lipinski definition) is 1. The van der Waals surface area contributed by atoms with Gasteiger partial charge in [-0.3, -0.25) is 4.79 Å². The lowest BCUT2D eigenvalue weighted by Crippen LogP contribution is -2.60. The van der Waals surface area contributed by atoms with Crippen LogP contribution in [0.3, 0.4) is 0 Å². The van der Waals surface area contributed by atoms with Gasteiger partial charge in [0, 0.05) is 19.6 Å². The van der Waals surface area contributed by atoms with E-state index in [-0.39, 0.29) is 28.6 Å². The van der Waals surface area contributed by atoms with Crippen LogP contribution in [0.5, 0.6) is 0 Å². The van der Waals surface area contributed by atoms with Crippen LogP contribution in [0.4, 0.5) is 10.1 Å². The lowest BCUT2D eigenvalue weighted by Gasteiger charge is -2.38. The van der Waals surface area contributed by atoms with E-state index in [0.29, 0.717) is 0 Å². The number of sulfonamides is 2. The number of anilines is 1. The van der Waals surface area contributed by atoms with E-state index in [9.17, 15) is 26.0 Å². The molecule has 3 aromatic rings. The lowest BCUT2D eigenvalue weighted by molar-refractivity contribution is -0.120. The van der Waals surface area contributed by atoms with Crippen molar-refractivity contribution in [3.8, 4) is 0 Å². The maximum absolute atomic E-state index is 14.1. The minimum Gasteiger partial charge on any atom is -0.322 e. The largest absolute Gasteiger partial charge is 0.322 e. The highest BCUT2D eigenvalue weighted by atomic mass is 32.2. The van der Waals surface area contributed by atoms with Crippen molar-refractivity contribution >= 4 is 31.6 Å². The number of benzene rings is 3. The molecule has 0 spiro atoms. The third-order valence-corrected chi connectivity index (χ3v) is 9.26. The van der Waals surface area contributed by atoms with Crippen LogP contribution < -0.4 is 5.32 Å². The zero-order valence-corrected chi connectivity index (χ0v) is 19.5. The zero-order chi connectivity index (χ0) is 24.3. The van der Waals surface area contributed by atoms with E-state index in [1.165, 1.54) is 42.5 Å². The molecule has 1 aliphatic heterocycles. The Labute approximate surface area is 197 Å². The van der Waals surface area contributed by atoms with Gasteiger partial charge in [0.15, 0.2) is 0 Å². The fourth-order valence-electron chi connectivity index (χ4n) is 3.71. The average Bonchev–Trinajstić information content (AvgIpc) is 2.86. The first-order valence-corrected chi connectivity index (χ1v) is 13.3. The number of piperazine rings is 1. The quantitative estimate of drug-likeness (QED) is 0.557. The number of carbonyl (C=O) groups excluding carboxylic acids is 1. The molecule has 1 unspecified atom stereocenters. The van der Waals surface area contributed by atoms with Gasteiger partial charge in [0.1, 0.15) is 11.9 Å². The van der Waals surface area contributed by atoms with Gasteiger partial charge < -0.3 is 5.32 Å². The smallest absolute Gasteiger partial charge is 0.244 e. The number of nitrogens with one attached hydrogen (secondary N) is 1. The van der Waals surface area contributed by atoms with Crippen LogP contribution >= 0.6 is 0 Å². The molecule has 1 atom stereocenters. The zero-order valence-electron chi connectivity index (χ0n) is 17.9. The molecule has 0 aliphatic carbocycles. The van der Waals surface area contributed by atoms with Crippen LogP contribution in [0.1, 0.15) is 0 Å². The lowest BCUT2D eigenvalue weighted by atomic mass is 10.2. The van der Waals surface area contributed by atoms with E-state index < -0.39 is 44.4 Å². The summed E-state index contributed by atoms with van der Waals surface area (Å²) in [4.78, 5) is 13.2. The van der Waals surface area contributed by atoms with Gasteiger partial charge in [-0.2, -0.15) is 8.61 Å². The minimum atomic E-state index is -4.13. The summed E-state index contributed by atoms with van der Waals surface area (Å²) in [6.45, 7) is -0.824. The topological polar surface area (TPSA) is 104 Å². The summed E-state index contributed by atoms with van der Waals surface area (Å²) in [6, 6.07) is 19.3. The summed E-state index contributed by atoms with van der Waals surface area (Å²) in [5, 5.41) is 2.40. The fourth-order valence-corrected chi connectivity index (χ4v) is 6.76. The Kier molecular flexibility index (Phi) is 6.80. The molecule has 4 rings (SSSR count). The summed E-state index contributed by atoms with van der Waals surface area (Å²) >= 11 is 0. The van der Waals surface area contributed by atoms with Crippen molar-refractivity contribution in [2.75, 3.05) is 25.0 Å². The van der Waals surface area contributed by atoms with Crippen molar-refractivity contribution in [2.24, 2.45) is 0 Å². The van der Waals surface area contributed by atoms with E-state index in [1.54, 1.807) is 36.4 Å². The summed E-state index contributed by atoms with van der Waals surface area (Å²) in [5.41, 5.74) is -0.132. The molecule has 3 aromatic carbocycles. The summed E-state index contributed by atoms with van der Waals surface area (Å²) < 4.78 is 69.2. The van der Waals surface area contributed by atoms with E-state index in [2.05, 4.69) is 5.32 Å². The third kappa shape index (κ3) is 4.73. The Morgan fingerprint density at radius 1 is 0.765 bits per heavy atom. The van der Waals surface area contributed by atoms with Crippen molar-refractivity contribution in [1.82, 2.24) is 8.61 Å². The molecule has 1 amide bonds. The van der Waals surface area contributed by atoms with Crippen LogP contribution in [0.25, 0.3) is 0 Å². The third-order valence-electron chi connectivity index (χ3n) is 5.46. The molecule has 8 nitrogen and oxygen atoms in total. The SMILES string of the molecule is O=C(Nc1ccccc1F)C1CN(S(=O)(=O)c2ccccc2)CCN1S(=O)(=O)c1ccccc1. The monoisotopic (exact) mass is 503 g/mol. The highest BCUT2D eigenvalue weighted by Crippen LogP contribution is 2.26. The number of hydrogen-bond acceptors (Lipinski definition) is 5. The van der Waals surface area contributed by atoms with E-state index in [1.807, 2.05) is 0 Å². The van der Waals surface area contributed by atoms with Gasteiger partial charge in [-0.05, 0) is 36.4 Å². The number of carbonyl (C=O) groups is 1. The van der Waals surface area contributed by atoms with E-state index in [4.69, 9.17) is 0 Å². The van der Waals surface area contributed by atoms with Crippen LogP contribution in [-0.2, 0) is 24.8 Å². The number of nitrogens with zero attached hydrogens (tertiary/aromatic N) is 2. The Bertz CT molecular complexity index is 1380. The second-order valence-electron chi connectivity index (χ2n) is 7.59. The molecule has 0 radical (unpaired) electrons. The Balaban J connectivity index is 1.70. The molecular weight excluding hydrogens is 481 g/mol. The van der Waals surface area contributed by atoms with Crippen molar-refractivity contribution < 1.29 is 26.0 Å². The van der Waals surface area contributed by atoms with Gasteiger partial charge in [0.2, 0.25) is 26.0 Å². The van der Waals surface area contributed by atoms with Gasteiger partial charge >= 0.3 is 0 Å². The number of para-hydroxylation sites is 1. The predicted molar refractivity (Wildman–Crippen MR) is 124 cm³/mol. The normalized spacial score (nSPS) is 17.9. The van der Waals surface area contributed by atoms with Crippen LogP contribution in [0.15, 0.2) is 94.7 Å². The van der Waals surface area contributed by atoms with Crippen LogP contribution in [0.2, 0.25) is 0 Å². The molecule has 34 heavy (non-hydrogen) atoms. The van der Waals surface area contributed by atoms with Crippen molar-refractivity contribution in [3.05, 3.63) is 90.7 Å². The number of amides is 1. The Hall–Kier alpha value is -3.12. The summed E-state index contributed by atoms with van der Waals surface area (Å²) in [7, 11) is -8.12. The van der Waals surface area contributed by atoms with E-state index >= 15 is 0 Å². The van der Waals surface area contributed by atoms with Crippen molar-refractivity contribution in [3.63, 3.8) is 0 Å². The summed E-state index contributed by atoms with van der Waals surface area (Å²) in [6.07, 6.45) is 0. The van der Waals surface area contributed by atoms with E-state index in [0.717, 1.165) is 14.7 Å². The Morgan fingerprint density at radius 2 is 1.29 bits per heavy atom. The standard InChI is InChI=1S/C23H22FN3O5S2/c24-20-13-7-8-14-21(20)25-23(28)22-17-26(33(29,30)18-9-3-1-4-10-18)15-16-27(22)34(31,32)19-11-5-2-6-12-19/h1-14,22H,15-17H2,(H,25,28). The number of rotatable bonds is 6. The molecular formula is C23H22FN3O5S2. The van der Waals surface area contributed by atoms with Crippen molar-refractivity contribution in [2.45, 2.75) is 15.8 Å². The first-order valence-electron chi connectivity index (χ1n) is 10.4. The van der Waals surface area contributed by atoms with Crippen molar-refractivity contribution in [1.29, 1.82) is 0 Å². The second kappa shape index (κ2) is 9.63. The van der Waals surface area contributed by atoms with Gasteiger partial charge in [0.25, 0.3) is 0 Å². The minimum absolute atomic E-state index is 0.0296. The fraction of sp³-hybridized carbons (Fsp3) is 0.174. The maximum atomic E-state index is 14.1. The number of halogens is 1. The van der Waals surface area contributed by atoms with Crippen LogP contribution in [0, 0.1) is 5.82 Å². The van der Waals surface area contributed by atoms with Gasteiger partial charge in [0.05, 0.1) is 15.5 Å². The van der Waals surface area contributed by atoms with Gasteiger partial charge in [-0.1, -0.05) is 48.5 Å². The van der Waals surface area contributed by atoms with Crippen LogP contribution in [-0.4, -0.2) is 57.0 Å². The molecule has 1 N–H and O–H groups in total. The first-order chi connectivity index (χ1) is 16.2. The molecule has 11 heteroatoms. The maximum Gasteiger partial charge on any atom is 0.244 e.